The lowest BCUT2D eigenvalue weighted by atomic mass is 10.1. The summed E-state index contributed by atoms with van der Waals surface area (Å²) >= 11 is 0. The largest absolute Gasteiger partial charge is 0.373 e. The summed E-state index contributed by atoms with van der Waals surface area (Å²) in [6, 6.07) is 9.94. The minimum absolute atomic E-state index is 0.00432. The van der Waals surface area contributed by atoms with Gasteiger partial charge in [0.2, 0.25) is 10.0 Å². The predicted octanol–water partition coefficient (Wildman–Crippen LogP) is 0.637. The molecule has 0 spiro atoms. The first kappa shape index (κ1) is 15.9. The fraction of sp³-hybridized carbons (Fsp3) is 0.333. The summed E-state index contributed by atoms with van der Waals surface area (Å²) in [5.41, 5.74) is 2.03. The lowest BCUT2D eigenvalue weighted by molar-refractivity contribution is 0.0439. The molecule has 8 heteroatoms. The van der Waals surface area contributed by atoms with Crippen LogP contribution < -0.4 is 10.0 Å². The Bertz CT molecular complexity index is 761. The molecule has 0 saturated carbocycles. The second-order valence-electron chi connectivity index (χ2n) is 5.39. The molecule has 2 heterocycles. The topological polar surface area (TPSA) is 98.4 Å². The molecule has 0 amide bonds. The van der Waals surface area contributed by atoms with Crippen molar-refractivity contribution in [2.75, 3.05) is 30.3 Å². The maximum absolute atomic E-state index is 10.9. The van der Waals surface area contributed by atoms with E-state index in [1.54, 1.807) is 6.20 Å². The fourth-order valence-corrected chi connectivity index (χ4v) is 2.77. The van der Waals surface area contributed by atoms with Crippen molar-refractivity contribution in [2.45, 2.75) is 6.10 Å². The van der Waals surface area contributed by atoms with Gasteiger partial charge in [-0.05, 0) is 5.56 Å². The maximum Gasteiger partial charge on any atom is 0.211 e. The van der Waals surface area contributed by atoms with Gasteiger partial charge in [-0.15, -0.1) is 0 Å². The number of sulfonamides is 1. The number of primary sulfonamides is 1. The highest BCUT2D eigenvalue weighted by Gasteiger charge is 2.30. The zero-order chi connectivity index (χ0) is 16.3. The molecule has 0 bridgehead atoms. The zero-order valence-electron chi connectivity index (χ0n) is 12.5. The summed E-state index contributed by atoms with van der Waals surface area (Å²) in [4.78, 5) is 10.6. The third kappa shape index (κ3) is 4.04. The molecular weight excluding hydrogens is 316 g/mol. The van der Waals surface area contributed by atoms with E-state index in [0.717, 1.165) is 16.9 Å². The van der Waals surface area contributed by atoms with Gasteiger partial charge in [-0.25, -0.2) is 23.5 Å². The van der Waals surface area contributed by atoms with Crippen molar-refractivity contribution in [1.82, 2.24) is 9.97 Å². The van der Waals surface area contributed by atoms with Gasteiger partial charge in [0.05, 0.1) is 18.5 Å². The smallest absolute Gasteiger partial charge is 0.211 e. The van der Waals surface area contributed by atoms with E-state index in [9.17, 15) is 8.42 Å². The van der Waals surface area contributed by atoms with Crippen molar-refractivity contribution in [3.05, 3.63) is 42.9 Å². The van der Waals surface area contributed by atoms with Crippen molar-refractivity contribution >= 4 is 15.8 Å². The highest BCUT2D eigenvalue weighted by Crippen LogP contribution is 2.31. The lowest BCUT2D eigenvalue weighted by Gasteiger charge is -2.40. The second-order valence-corrected chi connectivity index (χ2v) is 7.12. The number of nitrogens with zero attached hydrogens (tertiary/aromatic N) is 3. The Morgan fingerprint density at radius 3 is 2.70 bits per heavy atom. The van der Waals surface area contributed by atoms with Gasteiger partial charge in [-0.1, -0.05) is 30.3 Å². The molecule has 0 aliphatic carbocycles. The minimum Gasteiger partial charge on any atom is -0.373 e. The number of aromatic nitrogens is 2. The van der Waals surface area contributed by atoms with Crippen molar-refractivity contribution in [1.29, 1.82) is 0 Å². The van der Waals surface area contributed by atoms with E-state index in [1.807, 2.05) is 30.3 Å². The normalized spacial score (nSPS) is 15.4. The molecule has 1 aromatic carbocycles. The molecule has 1 aliphatic rings. The Morgan fingerprint density at radius 2 is 2.00 bits per heavy atom. The second kappa shape index (κ2) is 6.61. The van der Waals surface area contributed by atoms with E-state index in [2.05, 4.69) is 14.9 Å². The van der Waals surface area contributed by atoms with Gasteiger partial charge in [0.25, 0.3) is 0 Å². The van der Waals surface area contributed by atoms with Crippen LogP contribution in [0.2, 0.25) is 0 Å². The summed E-state index contributed by atoms with van der Waals surface area (Å²) in [5.74, 6) is 0.698. The summed E-state index contributed by atoms with van der Waals surface area (Å²) in [7, 11) is -3.47. The van der Waals surface area contributed by atoms with Gasteiger partial charge < -0.3 is 9.64 Å². The molecule has 1 aliphatic heterocycles. The Balaban J connectivity index is 1.62. The summed E-state index contributed by atoms with van der Waals surface area (Å²) in [6.45, 7) is 1.45. The van der Waals surface area contributed by atoms with E-state index >= 15 is 0 Å². The van der Waals surface area contributed by atoms with E-state index in [0.29, 0.717) is 13.1 Å². The molecule has 1 saturated heterocycles. The van der Waals surface area contributed by atoms with Gasteiger partial charge >= 0.3 is 0 Å². The SMILES string of the molecule is NS(=O)(=O)CCOC1CN(c2ncncc2-c2ccccc2)C1. The number of anilines is 1. The number of hydrogen-bond acceptors (Lipinski definition) is 6. The Morgan fingerprint density at radius 1 is 1.26 bits per heavy atom. The first-order valence-corrected chi connectivity index (χ1v) is 8.97. The van der Waals surface area contributed by atoms with Crippen LogP contribution in [0.3, 0.4) is 0 Å². The number of benzene rings is 1. The maximum atomic E-state index is 10.9. The molecular formula is C15H18N4O3S. The van der Waals surface area contributed by atoms with Crippen LogP contribution in [0.1, 0.15) is 0 Å². The average Bonchev–Trinajstić information content (AvgIpc) is 2.49. The molecule has 0 unspecified atom stereocenters. The molecule has 0 radical (unpaired) electrons. The van der Waals surface area contributed by atoms with Crippen LogP contribution in [0.5, 0.6) is 0 Å². The third-order valence-electron chi connectivity index (χ3n) is 3.65. The fourth-order valence-electron chi connectivity index (χ4n) is 2.44. The van der Waals surface area contributed by atoms with Crippen LogP contribution in [0.25, 0.3) is 11.1 Å². The molecule has 122 valence electrons. The number of ether oxygens (including phenoxy) is 1. The van der Waals surface area contributed by atoms with Crippen molar-refractivity contribution < 1.29 is 13.2 Å². The Hall–Kier alpha value is -2.03. The molecule has 2 N–H and O–H groups in total. The average molecular weight is 334 g/mol. The monoisotopic (exact) mass is 334 g/mol. The highest BCUT2D eigenvalue weighted by molar-refractivity contribution is 7.89. The van der Waals surface area contributed by atoms with Crippen LogP contribution in [-0.4, -0.2) is 49.9 Å². The van der Waals surface area contributed by atoms with Gasteiger partial charge in [-0.2, -0.15) is 0 Å². The first-order valence-electron chi connectivity index (χ1n) is 7.25. The quantitative estimate of drug-likeness (QED) is 0.832. The van der Waals surface area contributed by atoms with Gasteiger partial charge in [0.15, 0.2) is 0 Å². The molecule has 1 aromatic heterocycles. The zero-order valence-corrected chi connectivity index (χ0v) is 13.3. The molecule has 7 nitrogen and oxygen atoms in total. The summed E-state index contributed by atoms with van der Waals surface area (Å²) in [6.07, 6.45) is 3.32. The number of rotatable bonds is 6. The molecule has 2 aromatic rings. The van der Waals surface area contributed by atoms with E-state index in [1.165, 1.54) is 6.33 Å². The van der Waals surface area contributed by atoms with E-state index in [4.69, 9.17) is 9.88 Å². The molecule has 3 rings (SSSR count). The van der Waals surface area contributed by atoms with Crippen LogP contribution >= 0.6 is 0 Å². The summed E-state index contributed by atoms with van der Waals surface area (Å²) < 4.78 is 27.3. The van der Waals surface area contributed by atoms with Gasteiger partial charge in [0, 0.05) is 24.8 Å². The van der Waals surface area contributed by atoms with Crippen LogP contribution in [0, 0.1) is 0 Å². The number of nitrogens with two attached hydrogens (primary N) is 1. The van der Waals surface area contributed by atoms with Crippen molar-refractivity contribution in [3.8, 4) is 11.1 Å². The minimum atomic E-state index is -3.47. The van der Waals surface area contributed by atoms with Crippen LogP contribution in [-0.2, 0) is 14.8 Å². The van der Waals surface area contributed by atoms with Gasteiger partial charge in [0.1, 0.15) is 12.1 Å². The predicted molar refractivity (Wildman–Crippen MR) is 87.4 cm³/mol. The van der Waals surface area contributed by atoms with Crippen LogP contribution in [0.15, 0.2) is 42.9 Å². The molecule has 1 fully saturated rings. The van der Waals surface area contributed by atoms with Crippen molar-refractivity contribution in [3.63, 3.8) is 0 Å². The lowest BCUT2D eigenvalue weighted by Crippen LogP contribution is -2.53. The molecule has 23 heavy (non-hydrogen) atoms. The Labute approximate surface area is 135 Å². The van der Waals surface area contributed by atoms with E-state index < -0.39 is 10.0 Å². The summed E-state index contributed by atoms with van der Waals surface area (Å²) in [5, 5.41) is 4.95. The molecule has 0 atom stereocenters. The third-order valence-corrected chi connectivity index (χ3v) is 4.38. The van der Waals surface area contributed by atoms with Gasteiger partial charge in [-0.3, -0.25) is 0 Å². The van der Waals surface area contributed by atoms with Crippen LogP contribution in [0.4, 0.5) is 5.82 Å². The van der Waals surface area contributed by atoms with E-state index in [-0.39, 0.29) is 18.5 Å². The highest BCUT2D eigenvalue weighted by atomic mass is 32.2. The standard InChI is InChI=1S/C15H18N4O3S/c16-23(20,21)7-6-22-13-9-19(10-13)15-14(8-17-11-18-15)12-4-2-1-3-5-12/h1-5,8,11,13H,6-7,9-10H2,(H2,16,20,21). The Kier molecular flexibility index (Phi) is 4.56. The number of hydrogen-bond donors (Lipinski definition) is 1. The van der Waals surface area contributed by atoms with Crippen molar-refractivity contribution in [2.24, 2.45) is 5.14 Å². The first-order chi connectivity index (χ1) is 11.0.